The lowest BCUT2D eigenvalue weighted by molar-refractivity contribution is 0.191. The lowest BCUT2D eigenvalue weighted by atomic mass is 10.2. The molecule has 0 radical (unpaired) electrons. The summed E-state index contributed by atoms with van der Waals surface area (Å²) in [5.41, 5.74) is 2.61. The zero-order chi connectivity index (χ0) is 12.1. The third-order valence-corrected chi connectivity index (χ3v) is 3.18. The molecular formula is C14H22N2O. The highest BCUT2D eigenvalue weighted by atomic mass is 16.3. The molecule has 0 aliphatic carbocycles. The van der Waals surface area contributed by atoms with Crippen molar-refractivity contribution in [3.05, 3.63) is 29.8 Å². The predicted molar refractivity (Wildman–Crippen MR) is 71.3 cm³/mol. The van der Waals surface area contributed by atoms with Gasteiger partial charge in [0.2, 0.25) is 0 Å². The fourth-order valence-corrected chi connectivity index (χ4v) is 2.23. The molecule has 0 aromatic heterocycles. The van der Waals surface area contributed by atoms with Crippen LogP contribution in [0.5, 0.6) is 0 Å². The van der Waals surface area contributed by atoms with E-state index in [2.05, 4.69) is 34.5 Å². The maximum Gasteiger partial charge on any atom is 0.0636 e. The third-order valence-electron chi connectivity index (χ3n) is 3.18. The highest BCUT2D eigenvalue weighted by Gasteiger charge is 2.11. The van der Waals surface area contributed by atoms with Crippen molar-refractivity contribution in [2.45, 2.75) is 32.4 Å². The Bertz CT molecular complexity index is 329. The van der Waals surface area contributed by atoms with Crippen molar-refractivity contribution in [2.24, 2.45) is 0 Å². The minimum absolute atomic E-state index is 0.279. The van der Waals surface area contributed by atoms with E-state index < -0.39 is 0 Å². The number of anilines is 1. The molecule has 2 rings (SSSR count). The summed E-state index contributed by atoms with van der Waals surface area (Å²) in [4.78, 5) is 2.44. The molecule has 0 amide bonds. The maximum atomic E-state index is 9.15. The van der Waals surface area contributed by atoms with Gasteiger partial charge in [-0.1, -0.05) is 12.1 Å². The Kier molecular flexibility index (Phi) is 4.40. The number of benzene rings is 1. The van der Waals surface area contributed by atoms with Crippen LogP contribution in [0.3, 0.4) is 0 Å². The molecule has 1 fully saturated rings. The van der Waals surface area contributed by atoms with Crippen LogP contribution in [-0.2, 0) is 6.54 Å². The Morgan fingerprint density at radius 1 is 1.24 bits per heavy atom. The SMILES string of the molecule is CC(O)CNCc1ccc(N2CCCC2)cc1. The summed E-state index contributed by atoms with van der Waals surface area (Å²) in [5.74, 6) is 0. The molecule has 1 aliphatic rings. The maximum absolute atomic E-state index is 9.15. The van der Waals surface area contributed by atoms with Gasteiger partial charge in [0.05, 0.1) is 6.10 Å². The van der Waals surface area contributed by atoms with Gasteiger partial charge in [0.25, 0.3) is 0 Å². The summed E-state index contributed by atoms with van der Waals surface area (Å²) in [7, 11) is 0. The van der Waals surface area contributed by atoms with E-state index in [-0.39, 0.29) is 6.10 Å². The van der Waals surface area contributed by atoms with Crippen molar-refractivity contribution >= 4 is 5.69 Å². The summed E-state index contributed by atoms with van der Waals surface area (Å²) in [6, 6.07) is 8.74. The Morgan fingerprint density at radius 3 is 2.47 bits per heavy atom. The zero-order valence-electron chi connectivity index (χ0n) is 10.5. The molecule has 0 saturated carbocycles. The quantitative estimate of drug-likeness (QED) is 0.815. The molecule has 1 aliphatic heterocycles. The normalized spacial score (nSPS) is 17.4. The highest BCUT2D eigenvalue weighted by molar-refractivity contribution is 5.48. The molecule has 1 aromatic rings. The molecule has 1 aromatic carbocycles. The monoisotopic (exact) mass is 234 g/mol. The molecule has 1 saturated heterocycles. The molecule has 3 heteroatoms. The Morgan fingerprint density at radius 2 is 1.88 bits per heavy atom. The number of hydrogen-bond donors (Lipinski definition) is 2. The number of aliphatic hydroxyl groups is 1. The molecule has 17 heavy (non-hydrogen) atoms. The first kappa shape index (κ1) is 12.4. The van der Waals surface area contributed by atoms with E-state index in [0.29, 0.717) is 6.54 Å². The van der Waals surface area contributed by atoms with Crippen LogP contribution in [0.1, 0.15) is 25.3 Å². The number of aliphatic hydroxyl groups excluding tert-OH is 1. The molecule has 0 bridgehead atoms. The minimum atomic E-state index is -0.279. The van der Waals surface area contributed by atoms with Crippen molar-refractivity contribution in [1.29, 1.82) is 0 Å². The van der Waals surface area contributed by atoms with Crippen LogP contribution in [0.2, 0.25) is 0 Å². The van der Waals surface area contributed by atoms with E-state index >= 15 is 0 Å². The lowest BCUT2D eigenvalue weighted by Crippen LogP contribution is -2.23. The summed E-state index contributed by atoms with van der Waals surface area (Å²) < 4.78 is 0. The van der Waals surface area contributed by atoms with Crippen LogP contribution in [0.15, 0.2) is 24.3 Å². The van der Waals surface area contributed by atoms with Gasteiger partial charge in [0.1, 0.15) is 0 Å². The molecule has 1 unspecified atom stereocenters. The molecule has 1 heterocycles. The molecule has 1 atom stereocenters. The Labute approximate surface area is 103 Å². The summed E-state index contributed by atoms with van der Waals surface area (Å²) in [5, 5.41) is 12.4. The van der Waals surface area contributed by atoms with Gasteiger partial charge in [-0.2, -0.15) is 0 Å². The van der Waals surface area contributed by atoms with Gasteiger partial charge >= 0.3 is 0 Å². The van der Waals surface area contributed by atoms with Gasteiger partial charge in [-0.15, -0.1) is 0 Å². The van der Waals surface area contributed by atoms with Crippen LogP contribution in [0.4, 0.5) is 5.69 Å². The first-order valence-electron chi connectivity index (χ1n) is 6.48. The lowest BCUT2D eigenvalue weighted by Gasteiger charge is -2.17. The van der Waals surface area contributed by atoms with E-state index in [4.69, 9.17) is 5.11 Å². The van der Waals surface area contributed by atoms with Gasteiger partial charge in [-0.25, -0.2) is 0 Å². The van der Waals surface area contributed by atoms with Crippen molar-refractivity contribution in [3.63, 3.8) is 0 Å². The summed E-state index contributed by atoms with van der Waals surface area (Å²) in [6.45, 7) is 5.65. The number of nitrogens with one attached hydrogen (secondary N) is 1. The number of nitrogens with zero attached hydrogens (tertiary/aromatic N) is 1. The molecular weight excluding hydrogens is 212 g/mol. The number of hydrogen-bond acceptors (Lipinski definition) is 3. The summed E-state index contributed by atoms with van der Waals surface area (Å²) in [6.07, 6.45) is 2.36. The van der Waals surface area contributed by atoms with Crippen LogP contribution in [-0.4, -0.2) is 30.8 Å². The van der Waals surface area contributed by atoms with Crippen molar-refractivity contribution in [3.8, 4) is 0 Å². The first-order chi connectivity index (χ1) is 8.25. The fourth-order valence-electron chi connectivity index (χ4n) is 2.23. The van der Waals surface area contributed by atoms with E-state index in [1.54, 1.807) is 6.92 Å². The van der Waals surface area contributed by atoms with Gasteiger partial charge in [0.15, 0.2) is 0 Å². The molecule has 0 spiro atoms. The van der Waals surface area contributed by atoms with Crippen LogP contribution >= 0.6 is 0 Å². The molecule has 94 valence electrons. The number of rotatable bonds is 5. The van der Waals surface area contributed by atoms with Crippen LogP contribution in [0.25, 0.3) is 0 Å². The Balaban J connectivity index is 1.84. The molecule has 3 nitrogen and oxygen atoms in total. The van der Waals surface area contributed by atoms with Crippen molar-refractivity contribution in [2.75, 3.05) is 24.5 Å². The Hall–Kier alpha value is -1.06. The predicted octanol–water partition coefficient (Wildman–Crippen LogP) is 1.76. The van der Waals surface area contributed by atoms with Gasteiger partial charge in [-0.05, 0) is 37.5 Å². The third kappa shape index (κ3) is 3.72. The second-order valence-corrected chi connectivity index (χ2v) is 4.84. The van der Waals surface area contributed by atoms with Gasteiger partial charge in [0, 0.05) is 31.9 Å². The smallest absolute Gasteiger partial charge is 0.0636 e. The van der Waals surface area contributed by atoms with Crippen molar-refractivity contribution < 1.29 is 5.11 Å². The van der Waals surface area contributed by atoms with E-state index in [1.165, 1.54) is 37.2 Å². The zero-order valence-corrected chi connectivity index (χ0v) is 10.5. The van der Waals surface area contributed by atoms with E-state index in [9.17, 15) is 0 Å². The van der Waals surface area contributed by atoms with Crippen LogP contribution in [0, 0.1) is 0 Å². The highest BCUT2D eigenvalue weighted by Crippen LogP contribution is 2.20. The standard InChI is InChI=1S/C14H22N2O/c1-12(17)10-15-11-13-4-6-14(7-5-13)16-8-2-3-9-16/h4-7,12,15,17H,2-3,8-11H2,1H3. The van der Waals surface area contributed by atoms with Gasteiger partial charge in [-0.3, -0.25) is 0 Å². The minimum Gasteiger partial charge on any atom is -0.392 e. The second kappa shape index (κ2) is 6.03. The summed E-state index contributed by atoms with van der Waals surface area (Å²) >= 11 is 0. The largest absolute Gasteiger partial charge is 0.392 e. The second-order valence-electron chi connectivity index (χ2n) is 4.84. The van der Waals surface area contributed by atoms with Crippen LogP contribution < -0.4 is 10.2 Å². The molecule has 2 N–H and O–H groups in total. The van der Waals surface area contributed by atoms with E-state index in [1.807, 2.05) is 0 Å². The van der Waals surface area contributed by atoms with Gasteiger partial charge < -0.3 is 15.3 Å². The van der Waals surface area contributed by atoms with E-state index in [0.717, 1.165) is 6.54 Å². The average molecular weight is 234 g/mol. The fraction of sp³-hybridized carbons (Fsp3) is 0.571. The van der Waals surface area contributed by atoms with Crippen molar-refractivity contribution in [1.82, 2.24) is 5.32 Å². The average Bonchev–Trinajstić information content (AvgIpc) is 2.83. The first-order valence-corrected chi connectivity index (χ1v) is 6.48. The topological polar surface area (TPSA) is 35.5 Å².